The molecule has 6 nitrogen and oxygen atoms in total. The number of fused-ring (bicyclic) bond motifs is 1. The first-order chi connectivity index (χ1) is 18.4. The molecular formula is C30H29AsN2O4S. The second-order valence-corrected chi connectivity index (χ2v) is 14.3. The quantitative estimate of drug-likeness (QED) is 0.188. The van der Waals surface area contributed by atoms with E-state index >= 15 is 0 Å². The molecule has 0 saturated heterocycles. The van der Waals surface area contributed by atoms with Crippen LogP contribution < -0.4 is 18.8 Å². The predicted octanol–water partition coefficient (Wildman–Crippen LogP) is 3.60. The van der Waals surface area contributed by atoms with Crippen molar-refractivity contribution >= 4 is 45.2 Å². The zero-order chi connectivity index (χ0) is 26.4. The normalized spacial score (nSPS) is 11.9. The number of ether oxygens (including phenoxy) is 1. The number of hydrogen-bond donors (Lipinski definition) is 1. The monoisotopic (exact) mass is 588 g/mol. The Bertz CT molecular complexity index is 1620. The third kappa shape index (κ3) is 7.13. The van der Waals surface area contributed by atoms with E-state index in [9.17, 15) is 8.42 Å². The van der Waals surface area contributed by atoms with Crippen molar-refractivity contribution in [2.24, 2.45) is 0 Å². The van der Waals surface area contributed by atoms with Crippen LogP contribution in [0.5, 0.6) is 5.75 Å². The maximum absolute atomic E-state index is 11.3. The molecule has 0 aliphatic carbocycles. The van der Waals surface area contributed by atoms with E-state index in [-0.39, 0.29) is 5.75 Å². The average Bonchev–Trinajstić information content (AvgIpc) is 3.40. The van der Waals surface area contributed by atoms with Crippen LogP contribution in [0.15, 0.2) is 102 Å². The van der Waals surface area contributed by atoms with E-state index in [1.165, 1.54) is 15.0 Å². The fourth-order valence-electron chi connectivity index (χ4n) is 4.05. The van der Waals surface area contributed by atoms with Crippen LogP contribution in [-0.4, -0.2) is 47.7 Å². The van der Waals surface area contributed by atoms with Gasteiger partial charge in [0.2, 0.25) is 0 Å². The topological polar surface area (TPSA) is 81.4 Å². The molecule has 38 heavy (non-hydrogen) atoms. The molecule has 1 N–H and O–H groups in total. The summed E-state index contributed by atoms with van der Waals surface area (Å²) in [6, 6.07) is 28.9. The van der Waals surface area contributed by atoms with Crippen LogP contribution in [0.3, 0.4) is 0 Å². The van der Waals surface area contributed by atoms with Gasteiger partial charge >= 0.3 is 206 Å². The number of hydrogen-bond acceptors (Lipinski definition) is 6. The van der Waals surface area contributed by atoms with E-state index in [1.807, 2.05) is 42.6 Å². The summed E-state index contributed by atoms with van der Waals surface area (Å²) in [7, 11) is -2.97. The molecule has 2 heterocycles. The van der Waals surface area contributed by atoms with Crippen LogP contribution in [0.1, 0.15) is 11.1 Å². The Labute approximate surface area is 229 Å². The molecule has 0 radical (unpaired) electrons. The van der Waals surface area contributed by atoms with Crippen molar-refractivity contribution in [3.63, 3.8) is 0 Å². The Hall–Kier alpha value is -3.38. The van der Waals surface area contributed by atoms with Gasteiger partial charge in [-0.25, -0.2) is 8.42 Å². The molecule has 5 rings (SSSR count). The molecular weight excluding hydrogens is 559 g/mol. The number of furan rings is 1. The Kier molecular flexibility index (Phi) is 8.28. The van der Waals surface area contributed by atoms with Crippen molar-refractivity contribution in [3.05, 3.63) is 109 Å². The van der Waals surface area contributed by atoms with Crippen LogP contribution in [0.25, 0.3) is 22.2 Å². The average molecular weight is 589 g/mol. The molecule has 0 fully saturated rings. The molecule has 0 aliphatic heterocycles. The van der Waals surface area contributed by atoms with Crippen LogP contribution in [0, 0.1) is 0 Å². The fraction of sp³-hybridized carbons (Fsp3) is 0.167. The van der Waals surface area contributed by atoms with Crippen molar-refractivity contribution in [3.8, 4) is 17.1 Å². The van der Waals surface area contributed by atoms with Gasteiger partial charge in [0, 0.05) is 6.26 Å². The Morgan fingerprint density at radius 3 is 2.55 bits per heavy atom. The zero-order valence-electron chi connectivity index (χ0n) is 21.1. The molecule has 1 unspecified atom stereocenters. The van der Waals surface area contributed by atoms with Gasteiger partial charge in [-0.2, -0.15) is 0 Å². The number of pyridine rings is 1. The van der Waals surface area contributed by atoms with Gasteiger partial charge in [0.15, 0.2) is 0 Å². The fourth-order valence-corrected chi connectivity index (χ4v) is 6.98. The third-order valence-electron chi connectivity index (χ3n) is 6.04. The van der Waals surface area contributed by atoms with Crippen molar-refractivity contribution in [1.82, 2.24) is 10.3 Å². The van der Waals surface area contributed by atoms with Gasteiger partial charge in [-0.3, -0.25) is 0 Å². The van der Waals surface area contributed by atoms with Crippen LogP contribution in [0.4, 0.5) is 0 Å². The van der Waals surface area contributed by atoms with E-state index in [4.69, 9.17) is 9.15 Å². The molecule has 0 bridgehead atoms. The van der Waals surface area contributed by atoms with Gasteiger partial charge in [0.1, 0.15) is 9.84 Å². The molecule has 0 aliphatic rings. The van der Waals surface area contributed by atoms with E-state index < -0.39 is 25.6 Å². The molecule has 1 atom stereocenters. The number of rotatable bonds is 11. The third-order valence-corrected chi connectivity index (χ3v) is 9.77. The Morgan fingerprint density at radius 2 is 1.76 bits per heavy atom. The summed E-state index contributed by atoms with van der Waals surface area (Å²) in [6.07, 6.45) is 4.82. The second kappa shape index (κ2) is 12.0. The van der Waals surface area contributed by atoms with Crippen LogP contribution in [-0.2, 0) is 23.0 Å². The van der Waals surface area contributed by atoms with Crippen molar-refractivity contribution in [1.29, 1.82) is 0 Å². The predicted molar refractivity (Wildman–Crippen MR) is 154 cm³/mol. The summed E-state index contributed by atoms with van der Waals surface area (Å²) in [5.41, 5.74) is 4.03. The summed E-state index contributed by atoms with van der Waals surface area (Å²) in [5.74, 6) is 1.75. The van der Waals surface area contributed by atoms with E-state index in [1.54, 1.807) is 6.26 Å². The number of sulfone groups is 1. The van der Waals surface area contributed by atoms with E-state index in [0.717, 1.165) is 39.1 Å². The van der Waals surface area contributed by atoms with E-state index in [0.29, 0.717) is 19.7 Å². The minimum atomic E-state index is -2.97. The Morgan fingerprint density at radius 1 is 0.947 bits per heavy atom. The van der Waals surface area contributed by atoms with Gasteiger partial charge in [0.25, 0.3) is 0 Å². The Balaban J connectivity index is 1.23. The minimum absolute atomic E-state index is 0.117. The standard InChI is InChI=1S/C30H29AsN2O4S/c1-38(34,35)16-15-32-19-23-17-30(37-21-23)24-7-12-27-28(13-14-33-29(27)18-24)31-25-8-10-26(11-9-25)36-20-22-5-3-2-4-6-22/h2-14,17-18,21,31-32H,15-16,19-20H2,1H3. The first kappa shape index (κ1) is 26.2. The molecule has 3 aromatic carbocycles. The maximum atomic E-state index is 11.3. The van der Waals surface area contributed by atoms with Gasteiger partial charge in [0.05, 0.1) is 0 Å². The van der Waals surface area contributed by atoms with E-state index in [2.05, 4.69) is 58.8 Å². The number of nitrogens with zero attached hydrogens (tertiary/aromatic N) is 1. The SMILES string of the molecule is CS(=O)(=O)CCNCc1coc(-c2ccc3c([AsH]c4ccc(OCc5ccccc5)cc4)ccnc3c2)c1. The first-order valence-corrected chi connectivity index (χ1v) is 16.5. The number of nitrogens with one attached hydrogen (secondary N) is 1. The molecule has 0 saturated carbocycles. The van der Waals surface area contributed by atoms with Crippen molar-refractivity contribution < 1.29 is 17.6 Å². The summed E-state index contributed by atoms with van der Waals surface area (Å²) in [4.78, 5) is 4.62. The van der Waals surface area contributed by atoms with Crippen LogP contribution >= 0.6 is 0 Å². The van der Waals surface area contributed by atoms with Gasteiger partial charge < -0.3 is 0 Å². The molecule has 8 heteroatoms. The van der Waals surface area contributed by atoms with Crippen molar-refractivity contribution in [2.75, 3.05) is 18.6 Å². The molecule has 2 aromatic heterocycles. The second-order valence-electron chi connectivity index (χ2n) is 9.14. The first-order valence-electron chi connectivity index (χ1n) is 12.3. The summed E-state index contributed by atoms with van der Waals surface area (Å²) < 4.78 is 36.9. The molecule has 0 spiro atoms. The molecule has 5 aromatic rings. The summed E-state index contributed by atoms with van der Waals surface area (Å²) >= 11 is -0.551. The van der Waals surface area contributed by atoms with Crippen LogP contribution in [0.2, 0.25) is 0 Å². The van der Waals surface area contributed by atoms with Gasteiger partial charge in [-0.1, -0.05) is 0 Å². The summed E-state index contributed by atoms with van der Waals surface area (Å²) in [5, 5.41) is 4.31. The van der Waals surface area contributed by atoms with Gasteiger partial charge in [-0.15, -0.1) is 0 Å². The van der Waals surface area contributed by atoms with Gasteiger partial charge in [-0.05, 0) is 0 Å². The number of aromatic nitrogens is 1. The van der Waals surface area contributed by atoms with Crippen molar-refractivity contribution in [2.45, 2.75) is 13.2 Å². The summed E-state index contributed by atoms with van der Waals surface area (Å²) in [6.45, 7) is 1.52. The zero-order valence-corrected chi connectivity index (χ0v) is 24.0. The molecule has 194 valence electrons. The molecule has 0 amide bonds. The number of benzene rings is 3.